The molecule has 0 saturated carbocycles. The second kappa shape index (κ2) is 8.53. The van der Waals surface area contributed by atoms with E-state index in [2.05, 4.69) is 0 Å². The number of carbonyl (C=O) groups is 2. The van der Waals surface area contributed by atoms with Crippen molar-refractivity contribution in [1.29, 1.82) is 0 Å². The van der Waals surface area contributed by atoms with Gasteiger partial charge in [0.15, 0.2) is 0 Å². The van der Waals surface area contributed by atoms with Crippen LogP contribution in [0.2, 0.25) is 0 Å². The number of carbonyl (C=O) groups excluding carboxylic acids is 2. The standard InChI is InChI=1S/C17H28O8/c1-15(2,3)22-9-7-20-13(18)17(24-11-12-25-17)14(19)21-8-10-23-16(4,5)6/h11-12H,7-10H2,1-6H3. The average molecular weight is 360 g/mol. The molecule has 8 heteroatoms. The second-order valence-electron chi connectivity index (χ2n) is 7.32. The van der Waals surface area contributed by atoms with Crippen LogP contribution in [-0.2, 0) is 38.0 Å². The number of rotatable bonds is 8. The highest BCUT2D eigenvalue weighted by atomic mass is 16.8. The summed E-state index contributed by atoms with van der Waals surface area (Å²) in [6, 6.07) is 0. The Balaban J connectivity index is 2.49. The quantitative estimate of drug-likeness (QED) is 0.368. The van der Waals surface area contributed by atoms with Gasteiger partial charge in [0.05, 0.1) is 24.4 Å². The summed E-state index contributed by atoms with van der Waals surface area (Å²) < 4.78 is 31.0. The third-order valence-corrected chi connectivity index (χ3v) is 2.76. The summed E-state index contributed by atoms with van der Waals surface area (Å²) in [5, 5.41) is 0. The molecule has 1 aliphatic heterocycles. The summed E-state index contributed by atoms with van der Waals surface area (Å²) in [5.74, 6) is -4.28. The summed E-state index contributed by atoms with van der Waals surface area (Å²) in [7, 11) is 0. The van der Waals surface area contributed by atoms with Crippen molar-refractivity contribution < 1.29 is 38.0 Å². The third-order valence-electron chi connectivity index (χ3n) is 2.76. The van der Waals surface area contributed by atoms with Crippen molar-refractivity contribution >= 4 is 11.9 Å². The van der Waals surface area contributed by atoms with Crippen LogP contribution in [0, 0.1) is 0 Å². The van der Waals surface area contributed by atoms with E-state index in [4.69, 9.17) is 28.4 Å². The predicted molar refractivity (Wildman–Crippen MR) is 87.4 cm³/mol. The molecular formula is C17H28O8. The first kappa shape index (κ1) is 21.2. The molecule has 0 atom stereocenters. The first-order valence-corrected chi connectivity index (χ1v) is 8.09. The lowest BCUT2D eigenvalue weighted by molar-refractivity contribution is -0.219. The molecule has 0 fully saturated rings. The second-order valence-corrected chi connectivity index (χ2v) is 7.32. The van der Waals surface area contributed by atoms with E-state index in [9.17, 15) is 9.59 Å². The van der Waals surface area contributed by atoms with Crippen molar-refractivity contribution in [2.24, 2.45) is 0 Å². The summed E-state index contributed by atoms with van der Waals surface area (Å²) in [4.78, 5) is 24.5. The van der Waals surface area contributed by atoms with Gasteiger partial charge in [0.25, 0.3) is 0 Å². The van der Waals surface area contributed by atoms with E-state index in [0.717, 1.165) is 12.5 Å². The Labute approximate surface area is 148 Å². The van der Waals surface area contributed by atoms with Gasteiger partial charge in [-0.25, -0.2) is 9.59 Å². The van der Waals surface area contributed by atoms with Gasteiger partial charge in [-0.3, -0.25) is 0 Å². The number of esters is 2. The summed E-state index contributed by atoms with van der Waals surface area (Å²) >= 11 is 0. The molecule has 0 saturated heterocycles. The minimum Gasteiger partial charge on any atom is -0.457 e. The molecule has 0 aromatic carbocycles. The molecule has 0 amide bonds. The van der Waals surface area contributed by atoms with Crippen molar-refractivity contribution in [3.05, 3.63) is 12.5 Å². The zero-order valence-electron chi connectivity index (χ0n) is 15.7. The van der Waals surface area contributed by atoms with E-state index in [0.29, 0.717) is 0 Å². The SMILES string of the molecule is CC(C)(C)OCCOC(=O)C1(C(=O)OCCOC(C)(C)C)OC=CO1. The molecule has 0 N–H and O–H groups in total. The van der Waals surface area contributed by atoms with Crippen LogP contribution >= 0.6 is 0 Å². The van der Waals surface area contributed by atoms with Crippen LogP contribution in [-0.4, -0.2) is 55.4 Å². The molecule has 0 aromatic rings. The maximum absolute atomic E-state index is 12.2. The van der Waals surface area contributed by atoms with Crippen molar-refractivity contribution in [3.8, 4) is 0 Å². The van der Waals surface area contributed by atoms with Crippen molar-refractivity contribution in [2.45, 2.75) is 58.5 Å². The van der Waals surface area contributed by atoms with Gasteiger partial charge in [0, 0.05) is 0 Å². The Morgan fingerprint density at radius 3 is 1.44 bits per heavy atom. The lowest BCUT2D eigenvalue weighted by atomic mass is 10.2. The van der Waals surface area contributed by atoms with Gasteiger partial charge in [-0.05, 0) is 41.5 Å². The highest BCUT2D eigenvalue weighted by Gasteiger charge is 2.56. The van der Waals surface area contributed by atoms with E-state index in [1.54, 1.807) is 0 Å². The van der Waals surface area contributed by atoms with E-state index in [1.807, 2.05) is 41.5 Å². The van der Waals surface area contributed by atoms with Gasteiger partial charge in [-0.2, -0.15) is 0 Å². The van der Waals surface area contributed by atoms with E-state index < -0.39 is 17.7 Å². The molecular weight excluding hydrogens is 332 g/mol. The van der Waals surface area contributed by atoms with Crippen LogP contribution in [0.4, 0.5) is 0 Å². The zero-order valence-corrected chi connectivity index (χ0v) is 15.7. The highest BCUT2D eigenvalue weighted by Crippen LogP contribution is 2.24. The van der Waals surface area contributed by atoms with Crippen LogP contribution in [0.15, 0.2) is 12.5 Å². The van der Waals surface area contributed by atoms with Gasteiger partial charge >= 0.3 is 17.7 Å². The van der Waals surface area contributed by atoms with Gasteiger partial charge in [-0.15, -0.1) is 0 Å². The van der Waals surface area contributed by atoms with Crippen molar-refractivity contribution in [2.75, 3.05) is 26.4 Å². The number of hydrogen-bond acceptors (Lipinski definition) is 8. The van der Waals surface area contributed by atoms with E-state index in [1.165, 1.54) is 0 Å². The smallest absolute Gasteiger partial charge is 0.452 e. The third kappa shape index (κ3) is 7.31. The summed E-state index contributed by atoms with van der Waals surface area (Å²) in [6.07, 6.45) is 2.17. The molecule has 0 aliphatic carbocycles. The van der Waals surface area contributed by atoms with Crippen LogP contribution in [0.1, 0.15) is 41.5 Å². The van der Waals surface area contributed by atoms with Crippen LogP contribution < -0.4 is 0 Å². The predicted octanol–water partition coefficient (Wildman–Crippen LogP) is 1.92. The Kier molecular flexibility index (Phi) is 7.25. The molecule has 0 spiro atoms. The fraction of sp³-hybridized carbons (Fsp3) is 0.765. The van der Waals surface area contributed by atoms with Crippen molar-refractivity contribution in [1.82, 2.24) is 0 Å². The number of hydrogen-bond donors (Lipinski definition) is 0. The molecule has 0 bridgehead atoms. The fourth-order valence-corrected chi connectivity index (χ4v) is 1.71. The summed E-state index contributed by atoms with van der Waals surface area (Å²) in [6.45, 7) is 11.5. The Morgan fingerprint density at radius 2 is 1.12 bits per heavy atom. The topological polar surface area (TPSA) is 89.5 Å². The molecule has 1 aliphatic rings. The average Bonchev–Trinajstić information content (AvgIpc) is 2.96. The lowest BCUT2D eigenvalue weighted by Crippen LogP contribution is -2.50. The Morgan fingerprint density at radius 1 is 0.760 bits per heavy atom. The first-order valence-electron chi connectivity index (χ1n) is 8.09. The van der Waals surface area contributed by atoms with Crippen LogP contribution in [0.5, 0.6) is 0 Å². The van der Waals surface area contributed by atoms with E-state index >= 15 is 0 Å². The molecule has 144 valence electrons. The van der Waals surface area contributed by atoms with Gasteiger partial charge in [0.1, 0.15) is 25.7 Å². The lowest BCUT2D eigenvalue weighted by Gasteiger charge is -2.24. The Bertz CT molecular complexity index is 440. The van der Waals surface area contributed by atoms with E-state index in [-0.39, 0.29) is 37.6 Å². The fourth-order valence-electron chi connectivity index (χ4n) is 1.71. The van der Waals surface area contributed by atoms with Gasteiger partial charge in [0.2, 0.25) is 0 Å². The van der Waals surface area contributed by atoms with Gasteiger partial charge < -0.3 is 28.4 Å². The monoisotopic (exact) mass is 360 g/mol. The molecule has 0 aromatic heterocycles. The molecule has 25 heavy (non-hydrogen) atoms. The minimum absolute atomic E-state index is 0.0506. The number of ether oxygens (including phenoxy) is 6. The highest BCUT2D eigenvalue weighted by molar-refractivity contribution is 6.02. The van der Waals surface area contributed by atoms with Crippen LogP contribution in [0.25, 0.3) is 0 Å². The molecule has 1 heterocycles. The minimum atomic E-state index is -2.27. The molecule has 0 unspecified atom stereocenters. The molecule has 8 nitrogen and oxygen atoms in total. The van der Waals surface area contributed by atoms with Gasteiger partial charge in [-0.1, -0.05) is 0 Å². The zero-order chi connectivity index (χ0) is 19.1. The summed E-state index contributed by atoms with van der Waals surface area (Å²) in [5.41, 5.74) is -0.726. The maximum atomic E-state index is 12.2. The Hall–Kier alpha value is -1.80. The molecule has 0 radical (unpaired) electrons. The van der Waals surface area contributed by atoms with Crippen molar-refractivity contribution in [3.63, 3.8) is 0 Å². The largest absolute Gasteiger partial charge is 0.457 e. The normalized spacial score (nSPS) is 16.1. The van der Waals surface area contributed by atoms with Crippen LogP contribution in [0.3, 0.4) is 0 Å². The first-order chi connectivity index (χ1) is 11.5. The molecule has 1 rings (SSSR count). The maximum Gasteiger partial charge on any atom is 0.452 e.